The molecule has 1 aromatic heterocycles. The zero-order chi connectivity index (χ0) is 13.8. The maximum absolute atomic E-state index is 10.9. The van der Waals surface area contributed by atoms with E-state index in [1.54, 1.807) is 13.1 Å². The van der Waals surface area contributed by atoms with Gasteiger partial charge in [-0.05, 0) is 40.8 Å². The predicted molar refractivity (Wildman–Crippen MR) is 80.0 cm³/mol. The largest absolute Gasteiger partial charge is 0.397 e. The van der Waals surface area contributed by atoms with E-state index < -0.39 is 0 Å². The number of nitrogens with two attached hydrogens (primary N) is 1. The van der Waals surface area contributed by atoms with Crippen LogP contribution in [0.25, 0.3) is 0 Å². The maximum atomic E-state index is 10.9. The first-order valence-corrected chi connectivity index (χ1v) is 7.26. The minimum absolute atomic E-state index is 0.0466. The highest BCUT2D eigenvalue weighted by Crippen LogP contribution is 2.29. The average molecular weight is 327 g/mol. The lowest BCUT2D eigenvalue weighted by molar-refractivity contribution is -0.119. The molecule has 0 radical (unpaired) electrons. The van der Waals surface area contributed by atoms with E-state index in [0.717, 1.165) is 42.8 Å². The van der Waals surface area contributed by atoms with E-state index in [1.807, 2.05) is 6.07 Å². The quantitative estimate of drug-likeness (QED) is 0.888. The van der Waals surface area contributed by atoms with Crippen molar-refractivity contribution in [3.05, 3.63) is 16.7 Å². The number of nitrogens with zero attached hydrogens (tertiary/aromatic N) is 2. The molecular formula is C13H19BrN4O. The van der Waals surface area contributed by atoms with Crippen LogP contribution in [0.1, 0.15) is 19.8 Å². The molecule has 19 heavy (non-hydrogen) atoms. The summed E-state index contributed by atoms with van der Waals surface area (Å²) in [6.07, 6.45) is 3.82. The van der Waals surface area contributed by atoms with E-state index in [4.69, 9.17) is 5.73 Å². The van der Waals surface area contributed by atoms with Gasteiger partial charge in [-0.25, -0.2) is 4.98 Å². The van der Waals surface area contributed by atoms with E-state index in [-0.39, 0.29) is 5.91 Å². The van der Waals surface area contributed by atoms with Gasteiger partial charge in [-0.15, -0.1) is 0 Å². The van der Waals surface area contributed by atoms with Gasteiger partial charge in [-0.1, -0.05) is 0 Å². The highest BCUT2D eigenvalue weighted by Gasteiger charge is 2.21. The molecule has 1 saturated heterocycles. The van der Waals surface area contributed by atoms with E-state index in [0.29, 0.717) is 11.6 Å². The third-order valence-corrected chi connectivity index (χ3v) is 3.98. The van der Waals surface area contributed by atoms with Gasteiger partial charge < -0.3 is 16.0 Å². The van der Waals surface area contributed by atoms with Crippen molar-refractivity contribution in [3.63, 3.8) is 0 Å². The summed E-state index contributed by atoms with van der Waals surface area (Å²) in [5, 5.41) is 2.89. The molecule has 0 spiro atoms. The van der Waals surface area contributed by atoms with Gasteiger partial charge in [0.2, 0.25) is 5.91 Å². The van der Waals surface area contributed by atoms with Gasteiger partial charge in [-0.2, -0.15) is 0 Å². The number of rotatable bonds is 3. The van der Waals surface area contributed by atoms with Gasteiger partial charge in [0.15, 0.2) is 0 Å². The summed E-state index contributed by atoms with van der Waals surface area (Å²) in [6, 6.07) is 1.88. The fourth-order valence-electron chi connectivity index (χ4n) is 2.32. The van der Waals surface area contributed by atoms with Crippen LogP contribution in [-0.2, 0) is 4.79 Å². The number of hydrogen-bond donors (Lipinski definition) is 2. The molecule has 3 N–H and O–H groups in total. The fourth-order valence-corrected chi connectivity index (χ4v) is 2.93. The standard InChI is InChI=1S/C13H19BrN4O/c1-9(19)16-7-10-2-4-18(5-3-10)13-12(14)6-11(15)8-17-13/h6,8,10H,2-5,7,15H2,1H3,(H,16,19). The number of amides is 1. The Morgan fingerprint density at radius 1 is 1.58 bits per heavy atom. The second-order valence-corrected chi connectivity index (χ2v) is 5.80. The van der Waals surface area contributed by atoms with Crippen LogP contribution in [0.2, 0.25) is 0 Å². The smallest absolute Gasteiger partial charge is 0.216 e. The minimum Gasteiger partial charge on any atom is -0.397 e. The van der Waals surface area contributed by atoms with Gasteiger partial charge in [-0.3, -0.25) is 4.79 Å². The first-order valence-electron chi connectivity index (χ1n) is 6.46. The number of pyridine rings is 1. The Kier molecular flexibility index (Phi) is 4.63. The number of carbonyl (C=O) groups excluding carboxylic acids is 1. The molecule has 1 aliphatic heterocycles. The van der Waals surface area contributed by atoms with Gasteiger partial charge in [0.1, 0.15) is 5.82 Å². The zero-order valence-corrected chi connectivity index (χ0v) is 12.6. The molecule has 0 aromatic carbocycles. The predicted octanol–water partition coefficient (Wildman–Crippen LogP) is 1.78. The van der Waals surface area contributed by atoms with Crippen molar-refractivity contribution in [1.29, 1.82) is 0 Å². The number of halogens is 1. The molecule has 1 aromatic rings. The first kappa shape index (κ1) is 14.1. The Bertz CT molecular complexity index is 458. The second-order valence-electron chi connectivity index (χ2n) is 4.94. The van der Waals surface area contributed by atoms with Crippen LogP contribution in [0.15, 0.2) is 16.7 Å². The Balaban J connectivity index is 1.90. The number of nitrogen functional groups attached to an aromatic ring is 1. The topological polar surface area (TPSA) is 71.2 Å². The van der Waals surface area contributed by atoms with Gasteiger partial charge >= 0.3 is 0 Å². The molecule has 0 bridgehead atoms. The summed E-state index contributed by atoms with van der Waals surface area (Å²) < 4.78 is 0.938. The maximum Gasteiger partial charge on any atom is 0.216 e. The highest BCUT2D eigenvalue weighted by atomic mass is 79.9. The summed E-state index contributed by atoms with van der Waals surface area (Å²) in [5.74, 6) is 1.56. The van der Waals surface area contributed by atoms with Crippen LogP contribution >= 0.6 is 15.9 Å². The van der Waals surface area contributed by atoms with Crippen molar-refractivity contribution in [2.45, 2.75) is 19.8 Å². The third kappa shape index (κ3) is 3.83. The number of piperidine rings is 1. The van der Waals surface area contributed by atoms with Crippen LogP contribution in [0.3, 0.4) is 0 Å². The minimum atomic E-state index is 0.0466. The van der Waals surface area contributed by atoms with Crippen molar-refractivity contribution < 1.29 is 4.79 Å². The van der Waals surface area contributed by atoms with Crippen molar-refractivity contribution in [1.82, 2.24) is 10.3 Å². The molecular weight excluding hydrogens is 308 g/mol. The van der Waals surface area contributed by atoms with Gasteiger partial charge in [0.05, 0.1) is 16.4 Å². The molecule has 1 aliphatic rings. The molecule has 6 heteroatoms. The summed E-state index contributed by atoms with van der Waals surface area (Å²) in [4.78, 5) is 17.5. The van der Waals surface area contributed by atoms with Gasteiger partial charge in [0, 0.05) is 26.6 Å². The third-order valence-electron chi connectivity index (χ3n) is 3.40. The monoisotopic (exact) mass is 326 g/mol. The van der Waals surface area contributed by atoms with Crippen molar-refractivity contribution >= 4 is 33.3 Å². The Morgan fingerprint density at radius 2 is 2.26 bits per heavy atom. The molecule has 2 heterocycles. The Morgan fingerprint density at radius 3 is 2.84 bits per heavy atom. The highest BCUT2D eigenvalue weighted by molar-refractivity contribution is 9.10. The Labute approximate surface area is 121 Å². The van der Waals surface area contributed by atoms with E-state index >= 15 is 0 Å². The van der Waals surface area contributed by atoms with Crippen LogP contribution in [-0.4, -0.2) is 30.5 Å². The lowest BCUT2D eigenvalue weighted by Gasteiger charge is -2.33. The number of nitrogens with one attached hydrogen (secondary N) is 1. The second kappa shape index (κ2) is 6.23. The average Bonchev–Trinajstić information content (AvgIpc) is 2.37. The van der Waals surface area contributed by atoms with Crippen molar-refractivity contribution in [2.24, 2.45) is 5.92 Å². The summed E-state index contributed by atoms with van der Waals surface area (Å²) in [5.41, 5.74) is 6.36. The van der Waals surface area contributed by atoms with Crippen molar-refractivity contribution in [2.75, 3.05) is 30.3 Å². The zero-order valence-electron chi connectivity index (χ0n) is 11.0. The fraction of sp³-hybridized carbons (Fsp3) is 0.538. The molecule has 0 unspecified atom stereocenters. The molecule has 1 fully saturated rings. The van der Waals surface area contributed by atoms with Crippen LogP contribution in [0.5, 0.6) is 0 Å². The van der Waals surface area contributed by atoms with Crippen LogP contribution < -0.4 is 16.0 Å². The molecule has 104 valence electrons. The number of aromatic nitrogens is 1. The van der Waals surface area contributed by atoms with E-state index in [2.05, 4.69) is 31.1 Å². The normalized spacial score (nSPS) is 16.4. The molecule has 2 rings (SSSR count). The van der Waals surface area contributed by atoms with Gasteiger partial charge in [0.25, 0.3) is 0 Å². The lowest BCUT2D eigenvalue weighted by atomic mass is 9.97. The van der Waals surface area contributed by atoms with Crippen molar-refractivity contribution in [3.8, 4) is 0 Å². The summed E-state index contributed by atoms with van der Waals surface area (Å²) in [7, 11) is 0. The molecule has 0 saturated carbocycles. The first-order chi connectivity index (χ1) is 9.06. The summed E-state index contributed by atoms with van der Waals surface area (Å²) >= 11 is 3.51. The summed E-state index contributed by atoms with van der Waals surface area (Å²) in [6.45, 7) is 4.25. The molecule has 1 amide bonds. The Hall–Kier alpha value is -1.30. The molecule has 0 aliphatic carbocycles. The van der Waals surface area contributed by atoms with E-state index in [9.17, 15) is 4.79 Å². The molecule has 0 atom stereocenters. The van der Waals surface area contributed by atoms with Crippen LogP contribution in [0.4, 0.5) is 11.5 Å². The number of carbonyl (C=O) groups is 1. The lowest BCUT2D eigenvalue weighted by Crippen LogP contribution is -2.38. The SMILES string of the molecule is CC(=O)NCC1CCN(c2ncc(N)cc2Br)CC1. The molecule has 5 nitrogen and oxygen atoms in total. The van der Waals surface area contributed by atoms with Crippen LogP contribution in [0, 0.1) is 5.92 Å². The number of hydrogen-bond acceptors (Lipinski definition) is 4. The number of anilines is 2. The van der Waals surface area contributed by atoms with E-state index in [1.165, 1.54) is 0 Å².